The summed E-state index contributed by atoms with van der Waals surface area (Å²) in [5, 5.41) is 3.38. The van der Waals surface area contributed by atoms with Gasteiger partial charge in [0, 0.05) is 23.8 Å². The SMILES string of the molecule is COC(=O)C1CCN(C(=O)Nc2ccc(Cl)cc2)C1. The predicted molar refractivity (Wildman–Crippen MR) is 72.2 cm³/mol. The molecule has 0 spiro atoms. The zero-order valence-electron chi connectivity index (χ0n) is 10.6. The Bertz CT molecular complexity index is 475. The minimum absolute atomic E-state index is 0.214. The Kier molecular flexibility index (Phi) is 4.27. The van der Waals surface area contributed by atoms with E-state index in [1.54, 1.807) is 29.2 Å². The van der Waals surface area contributed by atoms with Crippen LogP contribution >= 0.6 is 11.6 Å². The molecule has 1 aromatic carbocycles. The molecule has 1 aromatic rings. The van der Waals surface area contributed by atoms with E-state index in [1.165, 1.54) is 7.11 Å². The summed E-state index contributed by atoms with van der Waals surface area (Å²) in [6, 6.07) is 6.66. The Labute approximate surface area is 116 Å². The van der Waals surface area contributed by atoms with Crippen LogP contribution in [0.2, 0.25) is 5.02 Å². The van der Waals surface area contributed by atoms with Gasteiger partial charge >= 0.3 is 12.0 Å². The first-order chi connectivity index (χ1) is 9.10. The van der Waals surface area contributed by atoms with Gasteiger partial charge in [-0.05, 0) is 30.7 Å². The van der Waals surface area contributed by atoms with Gasteiger partial charge in [-0.25, -0.2) is 4.79 Å². The number of amides is 2. The van der Waals surface area contributed by atoms with Crippen LogP contribution in [0.3, 0.4) is 0 Å². The number of anilines is 1. The maximum atomic E-state index is 12.0. The molecule has 1 heterocycles. The molecule has 0 bridgehead atoms. The topological polar surface area (TPSA) is 58.6 Å². The normalized spacial score (nSPS) is 18.2. The fraction of sp³-hybridized carbons (Fsp3) is 0.385. The van der Waals surface area contributed by atoms with Gasteiger partial charge in [0.05, 0.1) is 13.0 Å². The molecule has 0 aromatic heterocycles. The van der Waals surface area contributed by atoms with Crippen molar-refractivity contribution in [1.82, 2.24) is 4.90 Å². The maximum Gasteiger partial charge on any atom is 0.321 e. The highest BCUT2D eigenvalue weighted by Crippen LogP contribution is 2.19. The Morgan fingerprint density at radius 2 is 2.05 bits per heavy atom. The number of hydrogen-bond acceptors (Lipinski definition) is 3. The molecule has 0 radical (unpaired) electrons. The first kappa shape index (κ1) is 13.7. The molecule has 1 unspecified atom stereocenters. The summed E-state index contributed by atoms with van der Waals surface area (Å²) in [5.41, 5.74) is 0.677. The fourth-order valence-corrected chi connectivity index (χ4v) is 2.17. The number of methoxy groups -OCH3 is 1. The standard InChI is InChI=1S/C13H15ClN2O3/c1-19-12(17)9-6-7-16(8-9)13(18)15-11-4-2-10(14)3-5-11/h2-5,9H,6-8H2,1H3,(H,15,18). The number of hydrogen-bond donors (Lipinski definition) is 1. The minimum atomic E-state index is -0.262. The van der Waals surface area contributed by atoms with E-state index < -0.39 is 0 Å². The van der Waals surface area contributed by atoms with Gasteiger partial charge in [0.25, 0.3) is 0 Å². The average Bonchev–Trinajstić information content (AvgIpc) is 2.90. The van der Waals surface area contributed by atoms with Crippen LogP contribution in [0.25, 0.3) is 0 Å². The fourth-order valence-electron chi connectivity index (χ4n) is 2.04. The van der Waals surface area contributed by atoms with Crippen molar-refractivity contribution < 1.29 is 14.3 Å². The molecule has 19 heavy (non-hydrogen) atoms. The number of ether oxygens (including phenoxy) is 1. The number of benzene rings is 1. The van der Waals surface area contributed by atoms with Crippen molar-refractivity contribution in [3.8, 4) is 0 Å². The van der Waals surface area contributed by atoms with Crippen molar-refractivity contribution >= 4 is 29.3 Å². The quantitative estimate of drug-likeness (QED) is 0.847. The number of carbonyl (C=O) groups is 2. The van der Waals surface area contributed by atoms with Crippen molar-refractivity contribution in [3.05, 3.63) is 29.3 Å². The molecule has 2 rings (SSSR count). The third-order valence-corrected chi connectivity index (χ3v) is 3.36. The van der Waals surface area contributed by atoms with Gasteiger partial charge in [-0.3, -0.25) is 4.79 Å². The summed E-state index contributed by atoms with van der Waals surface area (Å²) < 4.78 is 4.68. The molecule has 0 aliphatic carbocycles. The minimum Gasteiger partial charge on any atom is -0.469 e. The van der Waals surface area contributed by atoms with E-state index in [4.69, 9.17) is 11.6 Å². The van der Waals surface area contributed by atoms with Crippen LogP contribution in [0.5, 0.6) is 0 Å². The van der Waals surface area contributed by atoms with E-state index in [-0.39, 0.29) is 17.9 Å². The molecule has 5 nitrogen and oxygen atoms in total. The summed E-state index contributed by atoms with van der Waals surface area (Å²) >= 11 is 5.77. The summed E-state index contributed by atoms with van der Waals surface area (Å²) in [6.45, 7) is 0.950. The Balaban J connectivity index is 1.91. The van der Waals surface area contributed by atoms with Crippen LogP contribution in [-0.4, -0.2) is 37.1 Å². The summed E-state index contributed by atoms with van der Waals surface area (Å²) in [4.78, 5) is 25.0. The summed E-state index contributed by atoms with van der Waals surface area (Å²) in [6.07, 6.45) is 0.640. The highest BCUT2D eigenvalue weighted by Gasteiger charge is 2.31. The van der Waals surface area contributed by atoms with Gasteiger partial charge in [0.2, 0.25) is 0 Å². The van der Waals surface area contributed by atoms with E-state index in [9.17, 15) is 9.59 Å². The van der Waals surface area contributed by atoms with Gasteiger partial charge in [-0.15, -0.1) is 0 Å². The van der Waals surface area contributed by atoms with Crippen LogP contribution in [0.1, 0.15) is 6.42 Å². The molecular formula is C13H15ClN2O3. The first-order valence-electron chi connectivity index (χ1n) is 5.99. The third kappa shape index (κ3) is 3.38. The van der Waals surface area contributed by atoms with E-state index in [0.29, 0.717) is 30.2 Å². The first-order valence-corrected chi connectivity index (χ1v) is 6.37. The van der Waals surface area contributed by atoms with Crippen LogP contribution in [0.4, 0.5) is 10.5 Å². The molecule has 1 saturated heterocycles. The van der Waals surface area contributed by atoms with E-state index >= 15 is 0 Å². The van der Waals surface area contributed by atoms with Crippen molar-refractivity contribution in [1.29, 1.82) is 0 Å². The lowest BCUT2D eigenvalue weighted by atomic mass is 10.1. The van der Waals surface area contributed by atoms with Crippen molar-refractivity contribution in [2.75, 3.05) is 25.5 Å². The lowest BCUT2D eigenvalue weighted by molar-refractivity contribution is -0.144. The molecule has 2 amide bonds. The van der Waals surface area contributed by atoms with Crippen LogP contribution < -0.4 is 5.32 Å². The molecular weight excluding hydrogens is 268 g/mol. The second-order valence-electron chi connectivity index (χ2n) is 4.39. The van der Waals surface area contributed by atoms with Crippen LogP contribution in [0.15, 0.2) is 24.3 Å². The molecule has 102 valence electrons. The second-order valence-corrected chi connectivity index (χ2v) is 4.83. The largest absolute Gasteiger partial charge is 0.469 e. The molecule has 1 aliphatic heterocycles. The number of nitrogens with one attached hydrogen (secondary N) is 1. The zero-order valence-corrected chi connectivity index (χ0v) is 11.3. The van der Waals surface area contributed by atoms with Crippen LogP contribution in [-0.2, 0) is 9.53 Å². The van der Waals surface area contributed by atoms with Gasteiger partial charge < -0.3 is 15.0 Å². The molecule has 1 N–H and O–H groups in total. The highest BCUT2D eigenvalue weighted by atomic mass is 35.5. The lowest BCUT2D eigenvalue weighted by Crippen LogP contribution is -2.33. The predicted octanol–water partition coefficient (Wildman–Crippen LogP) is 2.37. The van der Waals surface area contributed by atoms with E-state index in [2.05, 4.69) is 10.1 Å². The van der Waals surface area contributed by atoms with Crippen molar-refractivity contribution in [3.63, 3.8) is 0 Å². The smallest absolute Gasteiger partial charge is 0.321 e. The molecule has 1 fully saturated rings. The molecule has 6 heteroatoms. The Morgan fingerprint density at radius 3 is 2.68 bits per heavy atom. The number of carbonyl (C=O) groups excluding carboxylic acids is 2. The van der Waals surface area contributed by atoms with E-state index in [1.807, 2.05) is 0 Å². The number of rotatable bonds is 2. The number of halogens is 1. The molecule has 1 atom stereocenters. The van der Waals surface area contributed by atoms with Gasteiger partial charge in [0.15, 0.2) is 0 Å². The van der Waals surface area contributed by atoms with Crippen LogP contribution in [0, 0.1) is 5.92 Å². The average molecular weight is 283 g/mol. The highest BCUT2D eigenvalue weighted by molar-refractivity contribution is 6.30. The lowest BCUT2D eigenvalue weighted by Gasteiger charge is -2.17. The molecule has 1 aliphatic rings. The van der Waals surface area contributed by atoms with Gasteiger partial charge in [0.1, 0.15) is 0 Å². The monoisotopic (exact) mass is 282 g/mol. The molecule has 0 saturated carbocycles. The second kappa shape index (κ2) is 5.93. The maximum absolute atomic E-state index is 12.0. The van der Waals surface area contributed by atoms with E-state index in [0.717, 1.165) is 0 Å². The number of likely N-dealkylation sites (tertiary alicyclic amines) is 1. The van der Waals surface area contributed by atoms with Crippen molar-refractivity contribution in [2.45, 2.75) is 6.42 Å². The third-order valence-electron chi connectivity index (χ3n) is 3.11. The summed E-state index contributed by atoms with van der Waals surface area (Å²) in [5.74, 6) is -0.484. The number of urea groups is 1. The van der Waals surface area contributed by atoms with Gasteiger partial charge in [-0.1, -0.05) is 11.6 Å². The Morgan fingerprint density at radius 1 is 1.37 bits per heavy atom. The Hall–Kier alpha value is -1.75. The van der Waals surface area contributed by atoms with Gasteiger partial charge in [-0.2, -0.15) is 0 Å². The number of esters is 1. The number of nitrogens with zero attached hydrogens (tertiary/aromatic N) is 1. The van der Waals surface area contributed by atoms with Crippen molar-refractivity contribution in [2.24, 2.45) is 5.92 Å². The zero-order chi connectivity index (χ0) is 13.8. The summed E-state index contributed by atoms with van der Waals surface area (Å²) in [7, 11) is 1.36.